The average molecular weight is 659 g/mol. The molecule has 5 atom stereocenters. The van der Waals surface area contributed by atoms with Crippen LogP contribution in [0.2, 0.25) is 0 Å². The Hall–Kier alpha value is -3.97. The van der Waals surface area contributed by atoms with Crippen LogP contribution in [0, 0.1) is 23.7 Å². The number of hydrogen-bond donors (Lipinski definition) is 3. The standard InChI is InChI=1S/C18H27N3O3.C17H19N5O2/c1-2-23-18(22)14-11-19-21-16(24-13-6-4-3-5-7-13)10-15(12-8-9-12)20-17(14)21;23-16-14(20-19-11-4-2-1-3-5-11)15-18-13(10-6-7-10)12-8-9-24-17(12)22(15)21-16/h10,12-14,17,19H,2-9,11H2,1H3;1-5,10,12-13,17-18H,6-9H2,(H,21,23). The van der Waals surface area contributed by atoms with E-state index in [0.717, 1.165) is 43.2 Å². The minimum Gasteiger partial charge on any atom is -0.475 e. The van der Waals surface area contributed by atoms with E-state index in [4.69, 9.17) is 19.2 Å². The highest BCUT2D eigenvalue weighted by atomic mass is 16.5. The number of rotatable bonds is 8. The van der Waals surface area contributed by atoms with Gasteiger partial charge in [0, 0.05) is 42.8 Å². The van der Waals surface area contributed by atoms with Gasteiger partial charge in [0.25, 0.3) is 5.56 Å². The average Bonchev–Trinajstić information content (AvgIpc) is 4.02. The molecular formula is C35H46N8O5. The summed E-state index contributed by atoms with van der Waals surface area (Å²) in [7, 11) is 0. The van der Waals surface area contributed by atoms with Crippen molar-refractivity contribution >= 4 is 28.9 Å². The fourth-order valence-electron chi connectivity index (χ4n) is 7.68. The van der Waals surface area contributed by atoms with Gasteiger partial charge in [-0.1, -0.05) is 24.6 Å². The number of aromatic nitrogens is 2. The Kier molecular flexibility index (Phi) is 8.81. The third-order valence-corrected chi connectivity index (χ3v) is 10.5. The summed E-state index contributed by atoms with van der Waals surface area (Å²) in [4.78, 5) is 29.5. The lowest BCUT2D eigenvalue weighted by Crippen LogP contribution is -2.43. The molecule has 0 bridgehead atoms. The zero-order valence-corrected chi connectivity index (χ0v) is 27.6. The first kappa shape index (κ1) is 31.3. The molecule has 0 amide bonds. The van der Waals surface area contributed by atoms with Gasteiger partial charge >= 0.3 is 5.97 Å². The van der Waals surface area contributed by atoms with Gasteiger partial charge in [-0.3, -0.25) is 24.7 Å². The summed E-state index contributed by atoms with van der Waals surface area (Å²) in [5, 5.41) is 16.8. The first-order valence-corrected chi connectivity index (χ1v) is 17.9. The number of aliphatic imine (C=N–C) groups is 1. The Bertz CT molecular complexity index is 1620. The summed E-state index contributed by atoms with van der Waals surface area (Å²) in [6.45, 7) is 3.54. The zero-order chi connectivity index (χ0) is 32.6. The molecule has 3 saturated carbocycles. The summed E-state index contributed by atoms with van der Waals surface area (Å²) in [6.07, 6.45) is 14.0. The van der Waals surface area contributed by atoms with E-state index in [9.17, 15) is 9.59 Å². The molecule has 1 aromatic carbocycles. The predicted molar refractivity (Wildman–Crippen MR) is 179 cm³/mol. The van der Waals surface area contributed by atoms with Gasteiger partial charge in [-0.25, -0.2) is 10.1 Å². The van der Waals surface area contributed by atoms with Crippen molar-refractivity contribution in [2.75, 3.05) is 25.1 Å². The van der Waals surface area contributed by atoms with Crippen molar-refractivity contribution in [3.8, 4) is 0 Å². The number of hydrazine groups is 1. The van der Waals surface area contributed by atoms with Gasteiger partial charge in [0.05, 0.1) is 12.3 Å². The lowest BCUT2D eigenvalue weighted by Gasteiger charge is -2.35. The van der Waals surface area contributed by atoms with Gasteiger partial charge in [0.2, 0.25) is 5.88 Å². The van der Waals surface area contributed by atoms with Crippen LogP contribution >= 0.6 is 0 Å². The van der Waals surface area contributed by atoms with E-state index in [1.165, 1.54) is 44.9 Å². The summed E-state index contributed by atoms with van der Waals surface area (Å²) in [5.41, 5.74) is 5.22. The quantitative estimate of drug-likeness (QED) is 0.242. The largest absolute Gasteiger partial charge is 0.475 e. The number of nitrogens with zero attached hydrogens (tertiary/aromatic N) is 5. The Balaban J connectivity index is 0.000000140. The number of carbonyl (C=O) groups is 1. The van der Waals surface area contributed by atoms with Crippen molar-refractivity contribution in [2.24, 2.45) is 38.9 Å². The lowest BCUT2D eigenvalue weighted by atomic mass is 9.91. The number of fused-ring (bicyclic) bond motifs is 4. The lowest BCUT2D eigenvalue weighted by molar-refractivity contribution is -0.148. The van der Waals surface area contributed by atoms with Gasteiger partial charge < -0.3 is 19.5 Å². The molecule has 0 spiro atoms. The highest BCUT2D eigenvalue weighted by molar-refractivity contribution is 5.99. The van der Waals surface area contributed by atoms with Crippen LogP contribution in [0.1, 0.15) is 77.4 Å². The van der Waals surface area contributed by atoms with Crippen molar-refractivity contribution in [3.05, 3.63) is 52.6 Å². The van der Waals surface area contributed by atoms with Crippen LogP contribution in [-0.4, -0.2) is 64.5 Å². The van der Waals surface area contributed by atoms with Gasteiger partial charge in [-0.2, -0.15) is 5.11 Å². The predicted octanol–water partition coefficient (Wildman–Crippen LogP) is 5.70. The van der Waals surface area contributed by atoms with E-state index in [2.05, 4.69) is 32.1 Å². The fraction of sp³-hybridized carbons (Fsp3) is 0.629. The zero-order valence-electron chi connectivity index (χ0n) is 27.6. The maximum absolute atomic E-state index is 12.4. The molecule has 3 N–H and O–H groups in total. The van der Waals surface area contributed by atoms with E-state index < -0.39 is 0 Å². The molecule has 4 aliphatic heterocycles. The number of esters is 1. The van der Waals surface area contributed by atoms with Gasteiger partial charge in [0.1, 0.15) is 12.0 Å². The van der Waals surface area contributed by atoms with E-state index in [1.807, 2.05) is 42.3 Å². The van der Waals surface area contributed by atoms with Crippen molar-refractivity contribution < 1.29 is 19.0 Å². The first-order chi connectivity index (χ1) is 23.6. The first-order valence-electron chi connectivity index (χ1n) is 17.9. The van der Waals surface area contributed by atoms with Crippen LogP contribution in [0.4, 0.5) is 17.2 Å². The van der Waals surface area contributed by atoms with E-state index >= 15 is 0 Å². The Morgan fingerprint density at radius 2 is 1.85 bits per heavy atom. The summed E-state index contributed by atoms with van der Waals surface area (Å²) >= 11 is 0. The molecule has 13 heteroatoms. The van der Waals surface area contributed by atoms with Crippen LogP contribution in [0.25, 0.3) is 0 Å². The minimum atomic E-state index is -0.266. The van der Waals surface area contributed by atoms with Crippen LogP contribution in [0.5, 0.6) is 0 Å². The molecule has 1 aromatic heterocycles. The number of ether oxygens (including phenoxy) is 3. The van der Waals surface area contributed by atoms with Crippen LogP contribution in [0.15, 0.2) is 62.3 Å². The molecule has 9 rings (SSSR count). The van der Waals surface area contributed by atoms with Gasteiger partial charge in [-0.05, 0) is 82.8 Å². The number of azo groups is 1. The normalized spacial score (nSPS) is 29.5. The molecule has 5 unspecified atom stereocenters. The summed E-state index contributed by atoms with van der Waals surface area (Å²) < 4.78 is 19.3. The van der Waals surface area contributed by atoms with Crippen molar-refractivity contribution in [1.82, 2.24) is 20.2 Å². The van der Waals surface area contributed by atoms with Crippen LogP contribution in [0.3, 0.4) is 0 Å². The molecule has 0 radical (unpaired) electrons. The number of H-pyrrole nitrogens is 1. The Morgan fingerprint density at radius 1 is 1.04 bits per heavy atom. The number of aromatic amines is 1. The van der Waals surface area contributed by atoms with Gasteiger partial charge in [-0.15, -0.1) is 5.11 Å². The molecule has 13 nitrogen and oxygen atoms in total. The van der Waals surface area contributed by atoms with Crippen LogP contribution < -0.4 is 16.3 Å². The number of anilines is 1. The third-order valence-electron chi connectivity index (χ3n) is 10.5. The topological polar surface area (TPSA) is 147 Å². The Morgan fingerprint density at radius 3 is 2.60 bits per heavy atom. The maximum Gasteiger partial charge on any atom is 0.314 e. The molecule has 3 aliphatic carbocycles. The molecule has 5 fully saturated rings. The van der Waals surface area contributed by atoms with Crippen molar-refractivity contribution in [3.63, 3.8) is 0 Å². The maximum atomic E-state index is 12.4. The van der Waals surface area contributed by atoms with Crippen LogP contribution in [-0.2, 0) is 19.0 Å². The SMILES string of the molecule is CCOC(=O)C1CNN2C(OC3CCCCC3)=CC(C3CC3)=NC12.O=c1[nH]n2c(c1N=Nc1ccccc1)NC(C1CC1)C1CCOC12. The fourth-order valence-corrected chi connectivity index (χ4v) is 7.68. The number of allylic oxidation sites excluding steroid dienone is 1. The molecule has 2 aromatic rings. The second-order valence-electron chi connectivity index (χ2n) is 14.0. The second-order valence-corrected chi connectivity index (χ2v) is 14.0. The van der Waals surface area contributed by atoms with Gasteiger partial charge in [0.15, 0.2) is 23.9 Å². The molecule has 256 valence electrons. The summed E-state index contributed by atoms with van der Waals surface area (Å²) in [5.74, 6) is 2.74. The Labute approximate surface area is 280 Å². The highest BCUT2D eigenvalue weighted by Gasteiger charge is 2.48. The number of benzene rings is 1. The molecular weight excluding hydrogens is 612 g/mol. The van der Waals surface area contributed by atoms with E-state index in [0.29, 0.717) is 48.5 Å². The number of nitrogens with one attached hydrogen (secondary N) is 3. The van der Waals surface area contributed by atoms with E-state index in [-0.39, 0.29) is 35.9 Å². The highest BCUT2D eigenvalue weighted by Crippen LogP contribution is 2.49. The smallest absolute Gasteiger partial charge is 0.314 e. The monoisotopic (exact) mass is 658 g/mol. The molecule has 7 aliphatic rings. The summed E-state index contributed by atoms with van der Waals surface area (Å²) in [6, 6.07) is 9.79. The van der Waals surface area contributed by atoms with Crippen molar-refractivity contribution in [2.45, 2.75) is 95.7 Å². The third kappa shape index (κ3) is 6.41. The molecule has 5 heterocycles. The molecule has 48 heavy (non-hydrogen) atoms. The number of hydrogen-bond acceptors (Lipinski definition) is 11. The number of carbonyl (C=O) groups excluding carboxylic acids is 1. The van der Waals surface area contributed by atoms with E-state index in [1.54, 1.807) is 4.68 Å². The molecule has 2 saturated heterocycles. The second kappa shape index (κ2) is 13.5. The minimum absolute atomic E-state index is 0.0970. The van der Waals surface area contributed by atoms with Crippen molar-refractivity contribution in [1.29, 1.82) is 0 Å².